The molecule has 3 rings (SSSR count). The van der Waals surface area contributed by atoms with E-state index in [1.54, 1.807) is 6.07 Å². The van der Waals surface area contributed by atoms with Crippen molar-refractivity contribution < 1.29 is 0 Å². The average molecular weight is 271 g/mol. The third-order valence-corrected chi connectivity index (χ3v) is 4.52. The minimum absolute atomic E-state index is 0.540. The van der Waals surface area contributed by atoms with Gasteiger partial charge in [0.15, 0.2) is 5.11 Å². The van der Waals surface area contributed by atoms with Crippen LogP contribution in [0.15, 0.2) is 24.3 Å². The lowest BCUT2D eigenvalue weighted by Crippen LogP contribution is -2.40. The van der Waals surface area contributed by atoms with Crippen LogP contribution in [0.3, 0.4) is 0 Å². The third kappa shape index (κ3) is 2.71. The minimum Gasteiger partial charge on any atom is -0.359 e. The van der Waals surface area contributed by atoms with Gasteiger partial charge in [-0.3, -0.25) is 0 Å². The van der Waals surface area contributed by atoms with Crippen molar-refractivity contribution in [1.29, 1.82) is 5.26 Å². The second-order valence-corrected chi connectivity index (χ2v) is 5.98. The Morgan fingerprint density at radius 3 is 2.89 bits per heavy atom. The van der Waals surface area contributed by atoms with Crippen molar-refractivity contribution >= 4 is 23.0 Å². The summed E-state index contributed by atoms with van der Waals surface area (Å²) in [7, 11) is 0. The standard InChI is InChI=1S/C15H17N3S/c16-9-11-2-1-3-13(7-11)17-15(19)18-14-8-10-4-5-12(14)6-10/h1-3,7,10,12,14H,4-6,8H2,(H2,17,18,19). The second-order valence-electron chi connectivity index (χ2n) is 5.57. The van der Waals surface area contributed by atoms with E-state index in [0.717, 1.165) is 17.5 Å². The van der Waals surface area contributed by atoms with Gasteiger partial charge >= 0.3 is 0 Å². The molecule has 1 aromatic carbocycles. The van der Waals surface area contributed by atoms with Crippen molar-refractivity contribution in [3.8, 4) is 6.07 Å². The Morgan fingerprint density at radius 2 is 2.21 bits per heavy atom. The first kappa shape index (κ1) is 12.4. The zero-order valence-electron chi connectivity index (χ0n) is 10.7. The van der Waals surface area contributed by atoms with E-state index < -0.39 is 0 Å². The van der Waals surface area contributed by atoms with E-state index in [0.29, 0.717) is 16.7 Å². The summed E-state index contributed by atoms with van der Waals surface area (Å²) >= 11 is 5.36. The number of benzene rings is 1. The van der Waals surface area contributed by atoms with E-state index in [-0.39, 0.29) is 0 Å². The highest BCUT2D eigenvalue weighted by Crippen LogP contribution is 2.44. The monoisotopic (exact) mass is 271 g/mol. The molecular weight excluding hydrogens is 254 g/mol. The molecule has 0 saturated heterocycles. The maximum Gasteiger partial charge on any atom is 0.171 e. The number of nitrogens with zero attached hydrogens (tertiary/aromatic N) is 1. The first-order valence-corrected chi connectivity index (χ1v) is 7.23. The van der Waals surface area contributed by atoms with Crippen molar-refractivity contribution in [3.05, 3.63) is 29.8 Å². The summed E-state index contributed by atoms with van der Waals surface area (Å²) in [6.45, 7) is 0. The Balaban J connectivity index is 1.58. The molecule has 2 N–H and O–H groups in total. The molecule has 2 aliphatic rings. The molecule has 3 unspecified atom stereocenters. The molecule has 19 heavy (non-hydrogen) atoms. The van der Waals surface area contributed by atoms with Gasteiger partial charge < -0.3 is 10.6 Å². The summed E-state index contributed by atoms with van der Waals surface area (Å²) in [6, 6.07) is 10.1. The molecule has 0 spiro atoms. The SMILES string of the molecule is N#Cc1cccc(NC(=S)NC2CC3CCC2C3)c1. The van der Waals surface area contributed by atoms with Gasteiger partial charge in [0.05, 0.1) is 11.6 Å². The van der Waals surface area contributed by atoms with Crippen LogP contribution < -0.4 is 10.6 Å². The highest BCUT2D eigenvalue weighted by Gasteiger charge is 2.39. The Kier molecular flexibility index (Phi) is 3.39. The molecule has 1 aromatic rings. The van der Waals surface area contributed by atoms with E-state index in [1.807, 2.05) is 18.2 Å². The molecule has 0 aliphatic heterocycles. The molecule has 3 atom stereocenters. The van der Waals surface area contributed by atoms with E-state index in [9.17, 15) is 0 Å². The van der Waals surface area contributed by atoms with Gasteiger partial charge in [-0.15, -0.1) is 0 Å². The first-order chi connectivity index (χ1) is 9.24. The van der Waals surface area contributed by atoms with Crippen LogP contribution in [0.1, 0.15) is 31.2 Å². The Hall–Kier alpha value is -1.60. The van der Waals surface area contributed by atoms with Crippen LogP contribution in [0.4, 0.5) is 5.69 Å². The zero-order valence-corrected chi connectivity index (χ0v) is 11.5. The van der Waals surface area contributed by atoms with Crippen LogP contribution in [-0.2, 0) is 0 Å². The molecule has 2 fully saturated rings. The number of rotatable bonds is 2. The van der Waals surface area contributed by atoms with Crippen LogP contribution in [-0.4, -0.2) is 11.2 Å². The molecule has 98 valence electrons. The molecule has 2 aliphatic carbocycles. The van der Waals surface area contributed by atoms with Crippen LogP contribution in [0.25, 0.3) is 0 Å². The summed E-state index contributed by atoms with van der Waals surface area (Å²) < 4.78 is 0. The summed E-state index contributed by atoms with van der Waals surface area (Å²) in [6.07, 6.45) is 5.36. The zero-order chi connectivity index (χ0) is 13.2. The van der Waals surface area contributed by atoms with Crippen molar-refractivity contribution in [2.24, 2.45) is 11.8 Å². The van der Waals surface area contributed by atoms with E-state index in [2.05, 4.69) is 16.7 Å². The summed E-state index contributed by atoms with van der Waals surface area (Å²) in [5.74, 6) is 1.71. The molecule has 2 bridgehead atoms. The molecule has 2 saturated carbocycles. The fourth-order valence-electron chi connectivity index (χ4n) is 3.42. The van der Waals surface area contributed by atoms with Gasteiger partial charge in [0.25, 0.3) is 0 Å². The quantitative estimate of drug-likeness (QED) is 0.812. The lowest BCUT2D eigenvalue weighted by molar-refractivity contribution is 0.392. The maximum atomic E-state index is 8.87. The van der Waals surface area contributed by atoms with Crippen LogP contribution in [0.2, 0.25) is 0 Å². The minimum atomic E-state index is 0.540. The summed E-state index contributed by atoms with van der Waals surface area (Å²) in [5.41, 5.74) is 1.52. The van der Waals surface area contributed by atoms with Crippen LogP contribution >= 0.6 is 12.2 Å². The number of hydrogen-bond acceptors (Lipinski definition) is 2. The lowest BCUT2D eigenvalue weighted by atomic mass is 9.96. The normalized spacial score (nSPS) is 27.8. The highest BCUT2D eigenvalue weighted by atomic mass is 32.1. The number of fused-ring (bicyclic) bond motifs is 2. The Morgan fingerprint density at radius 1 is 1.32 bits per heavy atom. The largest absolute Gasteiger partial charge is 0.359 e. The topological polar surface area (TPSA) is 47.9 Å². The smallest absolute Gasteiger partial charge is 0.171 e. The molecule has 0 aromatic heterocycles. The molecule has 0 amide bonds. The van der Waals surface area contributed by atoms with E-state index in [1.165, 1.54) is 25.7 Å². The van der Waals surface area contributed by atoms with Gasteiger partial charge in [-0.25, -0.2) is 0 Å². The highest BCUT2D eigenvalue weighted by molar-refractivity contribution is 7.80. The first-order valence-electron chi connectivity index (χ1n) is 6.82. The van der Waals surface area contributed by atoms with Gasteiger partial charge in [0, 0.05) is 11.7 Å². The number of thiocarbonyl (C=S) groups is 1. The number of anilines is 1. The maximum absolute atomic E-state index is 8.87. The molecule has 4 heteroatoms. The predicted octanol–water partition coefficient (Wildman–Crippen LogP) is 3.03. The van der Waals surface area contributed by atoms with Gasteiger partial charge in [-0.1, -0.05) is 12.5 Å². The number of nitriles is 1. The fraction of sp³-hybridized carbons (Fsp3) is 0.467. The number of nitrogens with one attached hydrogen (secondary N) is 2. The molecule has 0 radical (unpaired) electrons. The third-order valence-electron chi connectivity index (χ3n) is 4.30. The summed E-state index contributed by atoms with van der Waals surface area (Å²) in [5, 5.41) is 16.2. The molecule has 0 heterocycles. The second kappa shape index (κ2) is 5.18. The Bertz CT molecular complexity index is 534. The van der Waals surface area contributed by atoms with E-state index in [4.69, 9.17) is 17.5 Å². The van der Waals surface area contributed by atoms with Gasteiger partial charge in [-0.2, -0.15) is 5.26 Å². The van der Waals surface area contributed by atoms with Gasteiger partial charge in [0.1, 0.15) is 0 Å². The van der Waals surface area contributed by atoms with Crippen molar-refractivity contribution in [2.75, 3.05) is 5.32 Å². The van der Waals surface area contributed by atoms with Crippen molar-refractivity contribution in [2.45, 2.75) is 31.7 Å². The van der Waals surface area contributed by atoms with Crippen LogP contribution in [0, 0.1) is 23.2 Å². The van der Waals surface area contributed by atoms with Gasteiger partial charge in [-0.05, 0) is 61.5 Å². The molecule has 3 nitrogen and oxygen atoms in total. The number of hydrogen-bond donors (Lipinski definition) is 2. The summed E-state index contributed by atoms with van der Waals surface area (Å²) in [4.78, 5) is 0. The van der Waals surface area contributed by atoms with E-state index >= 15 is 0 Å². The van der Waals surface area contributed by atoms with Gasteiger partial charge in [0.2, 0.25) is 0 Å². The average Bonchev–Trinajstić information content (AvgIpc) is 3.01. The van der Waals surface area contributed by atoms with Crippen molar-refractivity contribution in [1.82, 2.24) is 5.32 Å². The lowest BCUT2D eigenvalue weighted by Gasteiger charge is -2.24. The predicted molar refractivity (Wildman–Crippen MR) is 79.7 cm³/mol. The Labute approximate surface area is 119 Å². The molecular formula is C15H17N3S. The van der Waals surface area contributed by atoms with Crippen LogP contribution in [0.5, 0.6) is 0 Å². The fourth-order valence-corrected chi connectivity index (χ4v) is 3.69. The van der Waals surface area contributed by atoms with Crippen molar-refractivity contribution in [3.63, 3.8) is 0 Å².